The van der Waals surface area contributed by atoms with E-state index < -0.39 is 48.6 Å². The Hall–Kier alpha value is -1.59. The Labute approximate surface area is 309 Å². The van der Waals surface area contributed by atoms with Crippen LogP contribution in [0.3, 0.4) is 0 Å². The van der Waals surface area contributed by atoms with Crippen LogP contribution < -0.4 is 5.32 Å². The molecule has 1 aromatic rings. The third kappa shape index (κ3) is 19.9. The Morgan fingerprint density at radius 1 is 0.725 bits per heavy atom. The lowest BCUT2D eigenvalue weighted by molar-refractivity contribution is -0.182. The number of aliphatic hydroxyl groups is 6. The third-order valence-electron chi connectivity index (χ3n) is 10.8. The third-order valence-corrected chi connectivity index (χ3v) is 10.8. The van der Waals surface area contributed by atoms with Crippen molar-refractivity contribution < 1.29 is 40.2 Å². The van der Waals surface area contributed by atoms with Crippen LogP contribution in [0, 0.1) is 5.92 Å². The summed E-state index contributed by atoms with van der Waals surface area (Å²) in [5.41, 5.74) is 1.40. The van der Waals surface area contributed by atoms with E-state index in [0.29, 0.717) is 12.8 Å². The number of hydrogen-bond acceptors (Lipinski definition) is 8. The van der Waals surface area contributed by atoms with E-state index in [4.69, 9.17) is 4.74 Å². The summed E-state index contributed by atoms with van der Waals surface area (Å²) in [6.07, 6.45) is 17.8. The van der Waals surface area contributed by atoms with Crippen molar-refractivity contribution in [3.05, 3.63) is 35.9 Å². The summed E-state index contributed by atoms with van der Waals surface area (Å²) in [5, 5.41) is 65.5. The number of ether oxygens (including phenoxy) is 1. The van der Waals surface area contributed by atoms with Crippen molar-refractivity contribution >= 4 is 5.91 Å². The van der Waals surface area contributed by atoms with Gasteiger partial charge in [-0.1, -0.05) is 153 Å². The largest absolute Gasteiger partial charge is 0.396 e. The molecule has 0 unspecified atom stereocenters. The molecular formula is C42H75NO8. The van der Waals surface area contributed by atoms with Crippen LogP contribution in [0.25, 0.3) is 0 Å². The average molecular weight is 722 g/mol. The Bertz CT molecular complexity index is 965. The molecule has 1 saturated carbocycles. The van der Waals surface area contributed by atoms with Gasteiger partial charge in [0.25, 0.3) is 0 Å². The molecule has 0 radical (unpaired) electrons. The van der Waals surface area contributed by atoms with E-state index in [1.165, 1.54) is 89.0 Å². The zero-order valence-corrected chi connectivity index (χ0v) is 31.9. The maximum absolute atomic E-state index is 13.0. The van der Waals surface area contributed by atoms with Crippen LogP contribution >= 0.6 is 0 Å². The molecule has 1 amide bonds. The summed E-state index contributed by atoms with van der Waals surface area (Å²) in [5.74, 6) is -0.897. The maximum atomic E-state index is 13.0. The number of aliphatic hydroxyl groups excluding tert-OH is 6. The van der Waals surface area contributed by atoms with E-state index >= 15 is 0 Å². The van der Waals surface area contributed by atoms with Crippen molar-refractivity contribution in [2.24, 2.45) is 5.92 Å². The molecule has 0 bridgehead atoms. The number of unbranched alkanes of at least 4 members (excludes halogenated alkanes) is 18. The number of hydrogen-bond donors (Lipinski definition) is 7. The van der Waals surface area contributed by atoms with Crippen molar-refractivity contribution in [3.8, 4) is 0 Å². The molecule has 0 aliphatic heterocycles. The highest BCUT2D eigenvalue weighted by molar-refractivity contribution is 5.76. The number of benzene rings is 1. The van der Waals surface area contributed by atoms with Gasteiger partial charge in [-0.2, -0.15) is 0 Å². The Morgan fingerprint density at radius 2 is 1.25 bits per heavy atom. The van der Waals surface area contributed by atoms with Gasteiger partial charge in [-0.25, -0.2) is 0 Å². The Morgan fingerprint density at radius 3 is 1.82 bits per heavy atom. The van der Waals surface area contributed by atoms with Gasteiger partial charge < -0.3 is 40.7 Å². The standard InChI is InChI=1S/C42H75NO8/c1-2-3-4-5-6-7-8-9-10-14-17-23-28-36(45)40(48)35(32-51-37-30-34(31-44)39(47)42(50)41(37)49)43-38(46)29-24-18-15-12-11-13-16-20-25-33-26-21-19-22-27-33/h19,21-22,26-27,34-37,39-42,44-45,47-50H,2-18,20,23-25,28-32H2,1H3,(H,43,46)/t34-,35+,36-,37+,39+,40+,41+,42+/m1/s1. The number of rotatable bonds is 31. The normalized spacial score (nSPS) is 22.5. The van der Waals surface area contributed by atoms with Gasteiger partial charge in [0.15, 0.2) is 0 Å². The fourth-order valence-corrected chi connectivity index (χ4v) is 7.31. The smallest absolute Gasteiger partial charge is 0.220 e. The first-order chi connectivity index (χ1) is 24.8. The number of aryl methyl sites for hydroxylation is 1. The zero-order valence-electron chi connectivity index (χ0n) is 31.9. The van der Waals surface area contributed by atoms with E-state index in [-0.39, 0.29) is 25.5 Å². The highest BCUT2D eigenvalue weighted by Crippen LogP contribution is 2.28. The molecule has 8 atom stereocenters. The van der Waals surface area contributed by atoms with E-state index in [0.717, 1.165) is 51.4 Å². The van der Waals surface area contributed by atoms with E-state index in [1.54, 1.807) is 0 Å². The predicted molar refractivity (Wildman–Crippen MR) is 204 cm³/mol. The molecule has 1 aromatic carbocycles. The van der Waals surface area contributed by atoms with Gasteiger partial charge in [-0.15, -0.1) is 0 Å². The predicted octanol–water partition coefficient (Wildman–Crippen LogP) is 6.52. The SMILES string of the molecule is CCCCCCCCCCCCCC[C@@H](O)[C@@H](O)[C@H](CO[C@H]1C[C@H](CO)[C@H](O)[C@H](O)[C@H]1O)NC(=O)CCCCCCCCCCc1ccccc1. The van der Waals surface area contributed by atoms with Crippen LogP contribution in [0.2, 0.25) is 0 Å². The van der Waals surface area contributed by atoms with Gasteiger partial charge in [0.05, 0.1) is 31.0 Å². The first kappa shape index (κ1) is 45.6. The second-order valence-electron chi connectivity index (χ2n) is 15.2. The van der Waals surface area contributed by atoms with E-state index in [9.17, 15) is 35.4 Å². The highest BCUT2D eigenvalue weighted by atomic mass is 16.5. The van der Waals surface area contributed by atoms with Crippen LogP contribution in [0.4, 0.5) is 0 Å². The summed E-state index contributed by atoms with van der Waals surface area (Å²) >= 11 is 0. The van der Waals surface area contributed by atoms with Crippen molar-refractivity contribution in [1.29, 1.82) is 0 Å². The fourth-order valence-electron chi connectivity index (χ4n) is 7.31. The quantitative estimate of drug-likeness (QED) is 0.0427. The monoisotopic (exact) mass is 722 g/mol. The molecule has 0 spiro atoms. The minimum Gasteiger partial charge on any atom is -0.396 e. The van der Waals surface area contributed by atoms with Crippen molar-refractivity contribution in [2.75, 3.05) is 13.2 Å². The minimum absolute atomic E-state index is 0.112. The first-order valence-electron chi connectivity index (χ1n) is 20.7. The van der Waals surface area contributed by atoms with Crippen molar-refractivity contribution in [2.45, 2.75) is 204 Å². The molecule has 0 aromatic heterocycles. The molecule has 2 rings (SSSR count). The highest BCUT2D eigenvalue weighted by Gasteiger charge is 2.43. The van der Waals surface area contributed by atoms with Crippen molar-refractivity contribution in [1.82, 2.24) is 5.32 Å². The maximum Gasteiger partial charge on any atom is 0.220 e. The second kappa shape index (κ2) is 28.9. The van der Waals surface area contributed by atoms with Gasteiger partial charge >= 0.3 is 0 Å². The van der Waals surface area contributed by atoms with E-state index in [2.05, 4.69) is 36.5 Å². The van der Waals surface area contributed by atoms with Gasteiger partial charge in [0, 0.05) is 18.9 Å². The van der Waals surface area contributed by atoms with Crippen LogP contribution in [0.15, 0.2) is 30.3 Å². The summed E-state index contributed by atoms with van der Waals surface area (Å²) in [6, 6.07) is 9.68. The molecule has 51 heavy (non-hydrogen) atoms. The molecule has 9 nitrogen and oxygen atoms in total. The lowest BCUT2D eigenvalue weighted by atomic mass is 9.81. The first-order valence-corrected chi connectivity index (χ1v) is 20.7. The fraction of sp³-hybridized carbons (Fsp3) is 0.833. The Kier molecular flexibility index (Phi) is 25.8. The number of carbonyl (C=O) groups is 1. The number of amides is 1. The van der Waals surface area contributed by atoms with Gasteiger partial charge in [-0.3, -0.25) is 4.79 Å². The summed E-state index contributed by atoms with van der Waals surface area (Å²) in [7, 11) is 0. The van der Waals surface area contributed by atoms with Gasteiger partial charge in [0.2, 0.25) is 5.91 Å². The molecule has 0 saturated heterocycles. The summed E-state index contributed by atoms with van der Waals surface area (Å²) in [6.45, 7) is 1.68. The summed E-state index contributed by atoms with van der Waals surface area (Å²) < 4.78 is 5.90. The number of carbonyl (C=O) groups excluding carboxylic acids is 1. The molecule has 296 valence electrons. The molecule has 9 heteroatoms. The van der Waals surface area contributed by atoms with Crippen LogP contribution in [-0.4, -0.2) is 92.4 Å². The van der Waals surface area contributed by atoms with E-state index in [1.807, 2.05) is 6.07 Å². The topological polar surface area (TPSA) is 160 Å². The zero-order chi connectivity index (χ0) is 37.1. The Balaban J connectivity index is 1.72. The molecule has 1 aliphatic carbocycles. The van der Waals surface area contributed by atoms with Gasteiger partial charge in [0.1, 0.15) is 18.3 Å². The minimum atomic E-state index is -1.48. The van der Waals surface area contributed by atoms with Crippen LogP contribution in [-0.2, 0) is 16.0 Å². The van der Waals surface area contributed by atoms with Crippen LogP contribution in [0.1, 0.15) is 160 Å². The molecule has 0 heterocycles. The lowest BCUT2D eigenvalue weighted by Crippen LogP contribution is -2.57. The second-order valence-corrected chi connectivity index (χ2v) is 15.2. The van der Waals surface area contributed by atoms with Crippen molar-refractivity contribution in [3.63, 3.8) is 0 Å². The molecule has 1 fully saturated rings. The average Bonchev–Trinajstić information content (AvgIpc) is 3.14. The van der Waals surface area contributed by atoms with Crippen LogP contribution in [0.5, 0.6) is 0 Å². The lowest BCUT2D eigenvalue weighted by Gasteiger charge is -2.40. The summed E-state index contributed by atoms with van der Waals surface area (Å²) in [4.78, 5) is 13.0. The number of nitrogens with one attached hydrogen (secondary N) is 1. The molecule has 7 N–H and O–H groups in total. The molecular weight excluding hydrogens is 646 g/mol. The molecule has 1 aliphatic rings. The van der Waals surface area contributed by atoms with Gasteiger partial charge in [-0.05, 0) is 37.7 Å².